The van der Waals surface area contributed by atoms with Crippen LogP contribution in [0.4, 0.5) is 13.6 Å². The molecule has 0 bridgehead atoms. The van der Waals surface area contributed by atoms with Gasteiger partial charge in [-0.05, 0) is 48.2 Å². The highest BCUT2D eigenvalue weighted by Crippen LogP contribution is 2.46. The van der Waals surface area contributed by atoms with Gasteiger partial charge in [0.2, 0.25) is 0 Å². The molecule has 2 heterocycles. The summed E-state index contributed by atoms with van der Waals surface area (Å²) < 4.78 is 28.9. The lowest BCUT2D eigenvalue weighted by atomic mass is 9.85. The fourth-order valence-electron chi connectivity index (χ4n) is 5.02. The SMILES string of the molecule is O=C(O)N[C@@H]1c2cccnc2[C@H](N2C(=O)c3ccccc3C2=O)CC[C@@H]1c1cccc(F)c1F. The van der Waals surface area contributed by atoms with E-state index in [1.54, 1.807) is 36.4 Å². The fraction of sp³-hybridized carbons (Fsp3) is 0.200. The normalized spacial score (nSPS) is 21.6. The number of fused-ring (bicyclic) bond motifs is 2. The van der Waals surface area contributed by atoms with E-state index in [-0.39, 0.29) is 29.5 Å². The van der Waals surface area contributed by atoms with Crippen LogP contribution >= 0.6 is 0 Å². The van der Waals surface area contributed by atoms with Gasteiger partial charge >= 0.3 is 6.09 Å². The summed E-state index contributed by atoms with van der Waals surface area (Å²) in [6.45, 7) is 0. The second kappa shape index (κ2) is 8.33. The van der Waals surface area contributed by atoms with Gasteiger partial charge in [-0.15, -0.1) is 0 Å². The smallest absolute Gasteiger partial charge is 0.405 e. The number of carboxylic acid groups (broad SMARTS) is 1. The van der Waals surface area contributed by atoms with E-state index >= 15 is 0 Å². The maximum atomic E-state index is 14.8. The Balaban J connectivity index is 1.64. The molecular weight excluding hydrogens is 444 g/mol. The molecule has 172 valence electrons. The molecule has 2 aliphatic rings. The number of aromatic nitrogens is 1. The minimum Gasteiger partial charge on any atom is -0.465 e. The average Bonchev–Trinajstić information content (AvgIpc) is 2.98. The third kappa shape index (κ3) is 3.40. The average molecular weight is 463 g/mol. The number of benzene rings is 2. The van der Waals surface area contributed by atoms with Gasteiger partial charge in [0.15, 0.2) is 11.6 Å². The van der Waals surface area contributed by atoms with Crippen LogP contribution in [-0.4, -0.2) is 32.9 Å². The molecule has 0 fully saturated rings. The zero-order valence-corrected chi connectivity index (χ0v) is 17.7. The number of carbonyl (C=O) groups excluding carboxylic acids is 2. The molecule has 1 aromatic heterocycles. The summed E-state index contributed by atoms with van der Waals surface area (Å²) in [7, 11) is 0. The Morgan fingerprint density at radius 2 is 1.62 bits per heavy atom. The van der Waals surface area contributed by atoms with E-state index in [4.69, 9.17) is 0 Å². The van der Waals surface area contributed by atoms with Crippen LogP contribution in [0.15, 0.2) is 60.8 Å². The molecule has 3 atom stereocenters. The maximum Gasteiger partial charge on any atom is 0.405 e. The number of hydrogen-bond acceptors (Lipinski definition) is 4. The van der Waals surface area contributed by atoms with Crippen LogP contribution in [-0.2, 0) is 0 Å². The highest BCUT2D eigenvalue weighted by Gasteiger charge is 2.45. The van der Waals surface area contributed by atoms with Crippen molar-refractivity contribution >= 4 is 17.9 Å². The lowest BCUT2D eigenvalue weighted by Gasteiger charge is -2.27. The van der Waals surface area contributed by atoms with Crippen LogP contribution in [0.3, 0.4) is 0 Å². The number of nitrogens with zero attached hydrogens (tertiary/aromatic N) is 2. The predicted octanol–water partition coefficient (Wildman–Crippen LogP) is 4.58. The number of halogens is 2. The monoisotopic (exact) mass is 463 g/mol. The van der Waals surface area contributed by atoms with Gasteiger partial charge in [0.25, 0.3) is 11.8 Å². The second-order valence-electron chi connectivity index (χ2n) is 8.27. The molecule has 0 saturated heterocycles. The van der Waals surface area contributed by atoms with Crippen molar-refractivity contribution in [1.82, 2.24) is 15.2 Å². The van der Waals surface area contributed by atoms with Crippen LogP contribution in [0, 0.1) is 11.6 Å². The number of rotatable bonds is 3. The first-order chi connectivity index (χ1) is 16.4. The van der Waals surface area contributed by atoms with Crippen LogP contribution in [0.1, 0.15) is 68.4 Å². The Labute approximate surface area is 193 Å². The highest BCUT2D eigenvalue weighted by molar-refractivity contribution is 6.21. The van der Waals surface area contributed by atoms with E-state index in [2.05, 4.69) is 10.3 Å². The molecule has 0 spiro atoms. The Morgan fingerprint density at radius 3 is 2.29 bits per heavy atom. The van der Waals surface area contributed by atoms with Crippen molar-refractivity contribution in [1.29, 1.82) is 0 Å². The van der Waals surface area contributed by atoms with E-state index < -0.39 is 47.5 Å². The molecule has 2 N–H and O–H groups in total. The third-order valence-electron chi connectivity index (χ3n) is 6.47. The van der Waals surface area contributed by atoms with Gasteiger partial charge in [-0.1, -0.05) is 30.3 Å². The lowest BCUT2D eigenvalue weighted by Crippen LogP contribution is -2.35. The maximum absolute atomic E-state index is 14.8. The van der Waals surface area contributed by atoms with E-state index in [9.17, 15) is 28.3 Å². The van der Waals surface area contributed by atoms with E-state index in [1.807, 2.05) is 0 Å². The van der Waals surface area contributed by atoms with Crippen LogP contribution in [0.2, 0.25) is 0 Å². The summed E-state index contributed by atoms with van der Waals surface area (Å²) >= 11 is 0. The minimum atomic E-state index is -1.35. The molecule has 34 heavy (non-hydrogen) atoms. The predicted molar refractivity (Wildman–Crippen MR) is 116 cm³/mol. The van der Waals surface area contributed by atoms with Crippen molar-refractivity contribution < 1.29 is 28.3 Å². The number of imide groups is 1. The zero-order chi connectivity index (χ0) is 24.0. The molecule has 2 aromatic carbocycles. The van der Waals surface area contributed by atoms with Crippen LogP contribution in [0.25, 0.3) is 0 Å². The van der Waals surface area contributed by atoms with Crippen molar-refractivity contribution in [2.24, 2.45) is 0 Å². The Bertz CT molecular complexity index is 1290. The zero-order valence-electron chi connectivity index (χ0n) is 17.7. The van der Waals surface area contributed by atoms with Gasteiger partial charge in [-0.2, -0.15) is 0 Å². The largest absolute Gasteiger partial charge is 0.465 e. The molecule has 7 nitrogen and oxygen atoms in total. The molecule has 1 aliphatic heterocycles. The van der Waals surface area contributed by atoms with Gasteiger partial charge < -0.3 is 10.4 Å². The number of pyridine rings is 1. The first-order valence-corrected chi connectivity index (χ1v) is 10.7. The number of carbonyl (C=O) groups is 3. The number of amides is 3. The summed E-state index contributed by atoms with van der Waals surface area (Å²) in [4.78, 5) is 43.6. The Kier molecular flexibility index (Phi) is 5.31. The summed E-state index contributed by atoms with van der Waals surface area (Å²) in [6.07, 6.45) is 0.499. The Hall–Kier alpha value is -4.14. The molecule has 3 aromatic rings. The van der Waals surface area contributed by atoms with E-state index in [0.717, 1.165) is 11.0 Å². The molecule has 5 rings (SSSR count). The van der Waals surface area contributed by atoms with Crippen molar-refractivity contribution in [3.8, 4) is 0 Å². The standard InChI is InChI=1S/C25H19F2N3O4/c26-18-9-3-7-13(20(18)27)14-10-11-19(22-17(8-4-12-28-22)21(14)29-25(33)34)30-23(31)15-5-1-2-6-16(15)24(30)32/h1-9,12,14,19,21,29H,10-11H2,(H,33,34)/t14-,19-,21+/m1/s1. The topological polar surface area (TPSA) is 99.6 Å². The third-order valence-corrected chi connectivity index (χ3v) is 6.47. The van der Waals surface area contributed by atoms with Crippen molar-refractivity contribution in [3.63, 3.8) is 0 Å². The number of nitrogens with one attached hydrogen (secondary N) is 1. The fourth-order valence-corrected chi connectivity index (χ4v) is 5.02. The van der Waals surface area contributed by atoms with E-state index in [1.165, 1.54) is 18.3 Å². The molecule has 9 heteroatoms. The first-order valence-electron chi connectivity index (χ1n) is 10.7. The first kappa shape index (κ1) is 21.7. The summed E-state index contributed by atoms with van der Waals surface area (Å²) in [5, 5.41) is 12.0. The molecule has 0 saturated carbocycles. The van der Waals surface area contributed by atoms with Crippen LogP contribution < -0.4 is 5.32 Å². The highest BCUT2D eigenvalue weighted by atomic mass is 19.2. The van der Waals surface area contributed by atoms with Crippen molar-refractivity contribution in [3.05, 3.63) is 100 Å². The van der Waals surface area contributed by atoms with Crippen LogP contribution in [0.5, 0.6) is 0 Å². The molecule has 1 aliphatic carbocycles. The molecule has 0 radical (unpaired) electrons. The van der Waals surface area contributed by atoms with Gasteiger partial charge in [0, 0.05) is 12.1 Å². The van der Waals surface area contributed by atoms with Gasteiger partial charge in [0.05, 0.1) is 28.9 Å². The lowest BCUT2D eigenvalue weighted by molar-refractivity contribution is 0.0569. The van der Waals surface area contributed by atoms with Gasteiger partial charge in [0.1, 0.15) is 0 Å². The second-order valence-corrected chi connectivity index (χ2v) is 8.27. The molecule has 0 unspecified atom stereocenters. The number of hydrogen-bond donors (Lipinski definition) is 2. The van der Waals surface area contributed by atoms with E-state index in [0.29, 0.717) is 11.3 Å². The molecule has 3 amide bonds. The van der Waals surface area contributed by atoms with Crippen molar-refractivity contribution in [2.45, 2.75) is 30.8 Å². The summed E-state index contributed by atoms with van der Waals surface area (Å²) in [5.41, 5.74) is 1.31. The van der Waals surface area contributed by atoms with Crippen molar-refractivity contribution in [2.75, 3.05) is 0 Å². The van der Waals surface area contributed by atoms with Gasteiger partial charge in [-0.25, -0.2) is 13.6 Å². The summed E-state index contributed by atoms with van der Waals surface area (Å²) in [6, 6.07) is 11.7. The molecular formula is C25H19F2N3O4. The quantitative estimate of drug-likeness (QED) is 0.438. The van der Waals surface area contributed by atoms with Gasteiger partial charge in [-0.3, -0.25) is 19.5 Å². The Morgan fingerprint density at radius 1 is 0.941 bits per heavy atom. The summed E-state index contributed by atoms with van der Waals surface area (Å²) in [5.74, 6) is -3.84. The minimum absolute atomic E-state index is 0.0107.